The predicted octanol–water partition coefficient (Wildman–Crippen LogP) is 5.70. The van der Waals surface area contributed by atoms with Crippen molar-refractivity contribution in [2.24, 2.45) is 5.92 Å². The second-order valence-corrected chi connectivity index (χ2v) is 10.7. The summed E-state index contributed by atoms with van der Waals surface area (Å²) in [5.74, 6) is -0.752. The van der Waals surface area contributed by atoms with Crippen LogP contribution in [0, 0.1) is 5.92 Å². The molecule has 1 N–H and O–H groups in total. The van der Waals surface area contributed by atoms with Crippen LogP contribution in [-0.2, 0) is 37.3 Å². The van der Waals surface area contributed by atoms with Gasteiger partial charge in [0.25, 0.3) is 5.91 Å². The minimum Gasteiger partial charge on any atom is -0.462 e. The number of amides is 1. The van der Waals surface area contributed by atoms with E-state index in [-0.39, 0.29) is 6.61 Å². The summed E-state index contributed by atoms with van der Waals surface area (Å²) in [7, 11) is 0. The molecular weight excluding hydrogens is 474 g/mol. The van der Waals surface area contributed by atoms with E-state index in [1.165, 1.54) is 11.3 Å². The number of thiophene rings is 1. The molecule has 1 heterocycles. The van der Waals surface area contributed by atoms with E-state index in [1.807, 2.05) is 12.1 Å². The Bertz CT molecular complexity index is 1070. The van der Waals surface area contributed by atoms with Crippen LogP contribution >= 0.6 is 22.9 Å². The zero-order valence-corrected chi connectivity index (χ0v) is 21.2. The summed E-state index contributed by atoms with van der Waals surface area (Å²) in [5, 5.41) is 3.90. The minimum atomic E-state index is -0.751. The first kappa shape index (κ1) is 24.7. The standard InChI is InChI=1S/C26H30ClNO5S/c1-3-32-24(30)22-19-11-6-16(2)14-20(19)34-23(22)28-21(29)15-33-25(31)26(12-4-5-13-26)17-7-9-18(27)10-8-17/h7-10,16H,3-6,11-15H2,1-2H3,(H,28,29). The molecule has 1 unspecified atom stereocenters. The van der Waals surface area contributed by atoms with Gasteiger partial charge in [-0.05, 0) is 68.2 Å². The zero-order chi connectivity index (χ0) is 24.3. The number of nitrogens with one attached hydrogen (secondary N) is 1. The number of hydrogen-bond donors (Lipinski definition) is 1. The highest BCUT2D eigenvalue weighted by molar-refractivity contribution is 7.17. The van der Waals surface area contributed by atoms with Gasteiger partial charge in [0, 0.05) is 9.90 Å². The smallest absolute Gasteiger partial charge is 0.341 e. The summed E-state index contributed by atoms with van der Waals surface area (Å²) >= 11 is 7.44. The molecule has 2 aliphatic rings. The van der Waals surface area contributed by atoms with Crippen LogP contribution in [0.4, 0.5) is 5.00 Å². The number of ether oxygens (including phenoxy) is 2. The number of benzene rings is 1. The molecule has 8 heteroatoms. The molecule has 182 valence electrons. The van der Waals surface area contributed by atoms with E-state index in [0.29, 0.717) is 34.3 Å². The maximum atomic E-state index is 13.2. The maximum absolute atomic E-state index is 13.2. The molecule has 0 aliphatic heterocycles. The lowest BCUT2D eigenvalue weighted by molar-refractivity contribution is -0.153. The van der Waals surface area contributed by atoms with E-state index in [2.05, 4.69) is 12.2 Å². The Kier molecular flexibility index (Phi) is 7.63. The van der Waals surface area contributed by atoms with Gasteiger partial charge in [0.05, 0.1) is 17.6 Å². The highest BCUT2D eigenvalue weighted by Gasteiger charge is 2.44. The first-order chi connectivity index (χ1) is 16.3. The van der Waals surface area contributed by atoms with Gasteiger partial charge >= 0.3 is 11.9 Å². The van der Waals surface area contributed by atoms with Crippen molar-refractivity contribution in [1.82, 2.24) is 0 Å². The average Bonchev–Trinajstić information content (AvgIpc) is 3.43. The number of anilines is 1. The van der Waals surface area contributed by atoms with Crippen LogP contribution in [0.2, 0.25) is 5.02 Å². The van der Waals surface area contributed by atoms with Crippen LogP contribution in [0.3, 0.4) is 0 Å². The van der Waals surface area contributed by atoms with Gasteiger partial charge in [-0.25, -0.2) is 4.79 Å². The van der Waals surface area contributed by atoms with Gasteiger partial charge < -0.3 is 14.8 Å². The highest BCUT2D eigenvalue weighted by atomic mass is 35.5. The van der Waals surface area contributed by atoms with Gasteiger partial charge in [0.1, 0.15) is 5.00 Å². The van der Waals surface area contributed by atoms with Gasteiger partial charge in [-0.15, -0.1) is 11.3 Å². The number of carbonyl (C=O) groups is 3. The highest BCUT2D eigenvalue weighted by Crippen LogP contribution is 2.43. The monoisotopic (exact) mass is 503 g/mol. The first-order valence-corrected chi connectivity index (χ1v) is 13.1. The maximum Gasteiger partial charge on any atom is 0.341 e. The van der Waals surface area contributed by atoms with Crippen LogP contribution in [0.1, 0.15) is 72.3 Å². The average molecular weight is 504 g/mol. The molecule has 1 aromatic heterocycles. The van der Waals surface area contributed by atoms with E-state index < -0.39 is 29.9 Å². The van der Waals surface area contributed by atoms with Crippen LogP contribution < -0.4 is 5.32 Å². The number of fused-ring (bicyclic) bond motifs is 1. The number of hydrogen-bond acceptors (Lipinski definition) is 6. The molecular formula is C26H30ClNO5S. The van der Waals surface area contributed by atoms with Gasteiger partial charge in [-0.2, -0.15) is 0 Å². The quantitative estimate of drug-likeness (QED) is 0.490. The molecule has 34 heavy (non-hydrogen) atoms. The fourth-order valence-electron chi connectivity index (χ4n) is 5.05. The van der Waals surface area contributed by atoms with Gasteiger partial charge in [0.2, 0.25) is 0 Å². The SMILES string of the molecule is CCOC(=O)c1c(NC(=O)COC(=O)C2(c3ccc(Cl)cc3)CCCC2)sc2c1CCC(C)C2. The largest absolute Gasteiger partial charge is 0.462 e. The molecule has 1 fully saturated rings. The number of halogens is 1. The summed E-state index contributed by atoms with van der Waals surface area (Å²) in [6.07, 6.45) is 5.86. The van der Waals surface area contributed by atoms with Crippen LogP contribution in [-0.4, -0.2) is 31.1 Å². The Labute approximate surface area is 209 Å². The zero-order valence-electron chi connectivity index (χ0n) is 19.6. The van der Waals surface area contributed by atoms with Crippen molar-refractivity contribution in [3.8, 4) is 0 Å². The molecule has 0 spiro atoms. The fourth-order valence-corrected chi connectivity index (χ4v) is 6.59. The lowest BCUT2D eigenvalue weighted by atomic mass is 9.79. The summed E-state index contributed by atoms with van der Waals surface area (Å²) in [4.78, 5) is 39.7. The summed E-state index contributed by atoms with van der Waals surface area (Å²) in [6, 6.07) is 7.26. The molecule has 1 aromatic carbocycles. The molecule has 0 bridgehead atoms. The third-order valence-electron chi connectivity index (χ3n) is 6.82. The Balaban J connectivity index is 1.47. The predicted molar refractivity (Wildman–Crippen MR) is 133 cm³/mol. The second kappa shape index (κ2) is 10.5. The summed E-state index contributed by atoms with van der Waals surface area (Å²) in [5.41, 5.74) is 1.53. The summed E-state index contributed by atoms with van der Waals surface area (Å²) in [6.45, 7) is 3.80. The van der Waals surface area contributed by atoms with Crippen molar-refractivity contribution < 1.29 is 23.9 Å². The summed E-state index contributed by atoms with van der Waals surface area (Å²) < 4.78 is 10.8. The molecule has 6 nitrogen and oxygen atoms in total. The normalized spacial score (nSPS) is 18.7. The lowest BCUT2D eigenvalue weighted by Gasteiger charge is -2.27. The van der Waals surface area contributed by atoms with Crippen molar-refractivity contribution in [2.75, 3.05) is 18.5 Å². The van der Waals surface area contributed by atoms with Crippen molar-refractivity contribution in [2.45, 2.75) is 64.2 Å². The lowest BCUT2D eigenvalue weighted by Crippen LogP contribution is -2.36. The Morgan fingerprint density at radius 2 is 1.85 bits per heavy atom. The van der Waals surface area contributed by atoms with Crippen molar-refractivity contribution in [3.05, 3.63) is 50.9 Å². The van der Waals surface area contributed by atoms with Crippen molar-refractivity contribution >= 4 is 45.8 Å². The minimum absolute atomic E-state index is 0.262. The van der Waals surface area contributed by atoms with Gasteiger partial charge in [0.15, 0.2) is 6.61 Å². The van der Waals surface area contributed by atoms with E-state index in [1.54, 1.807) is 19.1 Å². The van der Waals surface area contributed by atoms with Crippen LogP contribution in [0.5, 0.6) is 0 Å². The Hall–Kier alpha value is -2.38. The number of esters is 2. The van der Waals surface area contributed by atoms with E-state index in [4.69, 9.17) is 21.1 Å². The van der Waals surface area contributed by atoms with Crippen molar-refractivity contribution in [3.63, 3.8) is 0 Å². The molecule has 1 atom stereocenters. The molecule has 4 rings (SSSR count). The molecule has 1 amide bonds. The Morgan fingerprint density at radius 3 is 2.53 bits per heavy atom. The Morgan fingerprint density at radius 1 is 1.15 bits per heavy atom. The topological polar surface area (TPSA) is 81.7 Å². The molecule has 0 radical (unpaired) electrons. The van der Waals surface area contributed by atoms with Gasteiger partial charge in [-0.1, -0.05) is 43.5 Å². The third kappa shape index (κ3) is 5.01. The fraction of sp³-hybridized carbons (Fsp3) is 0.500. The first-order valence-electron chi connectivity index (χ1n) is 11.9. The molecule has 2 aliphatic carbocycles. The molecule has 0 saturated heterocycles. The van der Waals surface area contributed by atoms with Crippen LogP contribution in [0.15, 0.2) is 24.3 Å². The second-order valence-electron chi connectivity index (χ2n) is 9.20. The van der Waals surface area contributed by atoms with Crippen LogP contribution in [0.25, 0.3) is 0 Å². The third-order valence-corrected chi connectivity index (χ3v) is 8.24. The molecule has 2 aromatic rings. The van der Waals surface area contributed by atoms with Crippen molar-refractivity contribution in [1.29, 1.82) is 0 Å². The number of carbonyl (C=O) groups excluding carboxylic acids is 3. The van der Waals surface area contributed by atoms with E-state index in [0.717, 1.165) is 48.1 Å². The van der Waals surface area contributed by atoms with Gasteiger partial charge in [-0.3, -0.25) is 9.59 Å². The van der Waals surface area contributed by atoms with E-state index >= 15 is 0 Å². The molecule has 1 saturated carbocycles. The number of rotatable bonds is 7. The van der Waals surface area contributed by atoms with E-state index in [9.17, 15) is 14.4 Å².